The van der Waals surface area contributed by atoms with Gasteiger partial charge in [-0.25, -0.2) is 4.98 Å². The monoisotopic (exact) mass is 286 g/mol. The fourth-order valence-corrected chi connectivity index (χ4v) is 2.77. The Kier molecular flexibility index (Phi) is 4.40. The molecule has 0 spiro atoms. The molecule has 1 heterocycles. The maximum atomic E-state index is 6.14. The highest BCUT2D eigenvalue weighted by Crippen LogP contribution is 2.33. The summed E-state index contributed by atoms with van der Waals surface area (Å²) in [5.41, 5.74) is 0.895. The molecule has 90 valence electrons. The predicted octanol–water partition coefficient (Wildman–Crippen LogP) is 4.23. The number of nitrogens with one attached hydrogen (secondary N) is 1. The zero-order valence-electron chi connectivity index (χ0n) is 9.34. The number of aromatic nitrogens is 1. The fourth-order valence-electron chi connectivity index (χ4n) is 1.42. The van der Waals surface area contributed by atoms with Gasteiger partial charge in [-0.05, 0) is 24.7 Å². The van der Waals surface area contributed by atoms with Gasteiger partial charge in [0.2, 0.25) is 0 Å². The van der Waals surface area contributed by atoms with E-state index in [1.54, 1.807) is 23.5 Å². The van der Waals surface area contributed by atoms with E-state index in [9.17, 15) is 0 Å². The van der Waals surface area contributed by atoms with Gasteiger partial charge < -0.3 is 5.32 Å². The summed E-state index contributed by atoms with van der Waals surface area (Å²) in [5.74, 6) is 0. The number of rotatable bonds is 4. The predicted molar refractivity (Wildman–Crippen MR) is 75.0 cm³/mol. The number of hydrogen-bond donors (Lipinski definition) is 1. The first kappa shape index (κ1) is 12.8. The van der Waals surface area contributed by atoms with Gasteiger partial charge in [0.25, 0.3) is 0 Å². The van der Waals surface area contributed by atoms with Crippen LogP contribution in [0.4, 0.5) is 0 Å². The Hall–Kier alpha value is -0.610. The van der Waals surface area contributed by atoms with E-state index in [-0.39, 0.29) is 0 Å². The number of nitrogens with zero attached hydrogens (tertiary/aromatic N) is 1. The topological polar surface area (TPSA) is 24.9 Å². The molecule has 1 aromatic heterocycles. The van der Waals surface area contributed by atoms with E-state index >= 15 is 0 Å². The average molecular weight is 287 g/mol. The van der Waals surface area contributed by atoms with E-state index in [0.717, 1.165) is 23.7 Å². The van der Waals surface area contributed by atoms with Gasteiger partial charge in [0.15, 0.2) is 0 Å². The molecule has 0 saturated carbocycles. The lowest BCUT2D eigenvalue weighted by Gasteiger charge is -2.00. The third kappa shape index (κ3) is 3.19. The van der Waals surface area contributed by atoms with Crippen LogP contribution in [0.3, 0.4) is 0 Å². The summed E-state index contributed by atoms with van der Waals surface area (Å²) in [7, 11) is 0. The highest BCUT2D eigenvalue weighted by Gasteiger charge is 2.09. The fraction of sp³-hybridized carbons (Fsp3) is 0.250. The van der Waals surface area contributed by atoms with Crippen molar-refractivity contribution in [2.24, 2.45) is 0 Å². The molecule has 0 saturated heterocycles. The van der Waals surface area contributed by atoms with E-state index in [1.807, 2.05) is 12.3 Å². The lowest BCUT2D eigenvalue weighted by atomic mass is 10.2. The Morgan fingerprint density at radius 1 is 1.35 bits per heavy atom. The second-order valence-electron chi connectivity index (χ2n) is 3.54. The van der Waals surface area contributed by atoms with E-state index in [2.05, 4.69) is 17.2 Å². The van der Waals surface area contributed by atoms with E-state index in [1.165, 1.54) is 4.88 Å². The molecule has 0 aliphatic rings. The number of halogens is 2. The summed E-state index contributed by atoms with van der Waals surface area (Å²) in [6.07, 6.45) is 1.87. The summed E-state index contributed by atoms with van der Waals surface area (Å²) in [6, 6.07) is 5.42. The van der Waals surface area contributed by atoms with Crippen LogP contribution in [0.15, 0.2) is 24.4 Å². The molecule has 0 aliphatic heterocycles. The average Bonchev–Trinajstić information content (AvgIpc) is 2.78. The lowest BCUT2D eigenvalue weighted by molar-refractivity contribution is 0.734. The van der Waals surface area contributed by atoms with E-state index < -0.39 is 0 Å². The Morgan fingerprint density at radius 3 is 2.94 bits per heavy atom. The molecule has 0 aliphatic carbocycles. The molecular formula is C12H12Cl2N2S. The van der Waals surface area contributed by atoms with Crippen LogP contribution in [-0.4, -0.2) is 11.5 Å². The number of thiazole rings is 1. The van der Waals surface area contributed by atoms with Gasteiger partial charge in [-0.2, -0.15) is 0 Å². The zero-order valence-corrected chi connectivity index (χ0v) is 11.7. The second-order valence-corrected chi connectivity index (χ2v) is 5.50. The standard InChI is InChI=1S/C12H12Cl2N2S/c1-2-15-6-9-7-16-12(17-9)10-5-8(13)3-4-11(10)14/h3-5,7,15H,2,6H2,1H3. The summed E-state index contributed by atoms with van der Waals surface area (Å²) < 4.78 is 0. The Morgan fingerprint density at radius 2 is 2.18 bits per heavy atom. The molecule has 2 nitrogen and oxygen atoms in total. The molecular weight excluding hydrogens is 275 g/mol. The zero-order chi connectivity index (χ0) is 12.3. The first-order valence-electron chi connectivity index (χ1n) is 5.31. The van der Waals surface area contributed by atoms with Crippen LogP contribution in [0, 0.1) is 0 Å². The minimum atomic E-state index is 0.674. The SMILES string of the molecule is CCNCc1cnc(-c2cc(Cl)ccc2Cl)s1. The molecule has 1 N–H and O–H groups in total. The van der Waals surface area contributed by atoms with Crippen molar-refractivity contribution in [1.29, 1.82) is 0 Å². The molecule has 2 aromatic rings. The van der Waals surface area contributed by atoms with Gasteiger partial charge in [0, 0.05) is 28.2 Å². The molecule has 5 heteroatoms. The van der Waals surface area contributed by atoms with Crippen molar-refractivity contribution in [2.45, 2.75) is 13.5 Å². The van der Waals surface area contributed by atoms with Crippen LogP contribution >= 0.6 is 34.5 Å². The van der Waals surface area contributed by atoms with Gasteiger partial charge in [0.1, 0.15) is 5.01 Å². The molecule has 0 amide bonds. The second kappa shape index (κ2) is 5.83. The van der Waals surface area contributed by atoms with Gasteiger partial charge in [-0.15, -0.1) is 11.3 Å². The largest absolute Gasteiger partial charge is 0.312 e. The molecule has 0 unspecified atom stereocenters. The van der Waals surface area contributed by atoms with E-state index in [4.69, 9.17) is 23.2 Å². The van der Waals surface area contributed by atoms with Crippen LogP contribution in [-0.2, 0) is 6.54 Å². The van der Waals surface area contributed by atoms with Gasteiger partial charge in [0.05, 0.1) is 5.02 Å². The minimum absolute atomic E-state index is 0.674. The van der Waals surface area contributed by atoms with Gasteiger partial charge in [-0.1, -0.05) is 30.1 Å². The van der Waals surface area contributed by atoms with Crippen molar-refractivity contribution in [3.63, 3.8) is 0 Å². The first-order chi connectivity index (χ1) is 8.20. The highest BCUT2D eigenvalue weighted by atomic mass is 35.5. The lowest BCUT2D eigenvalue weighted by Crippen LogP contribution is -2.10. The van der Waals surface area contributed by atoms with Crippen LogP contribution in [0.2, 0.25) is 10.0 Å². The third-order valence-corrected chi connectivity index (χ3v) is 3.86. The summed E-state index contributed by atoms with van der Waals surface area (Å²) in [4.78, 5) is 5.57. The van der Waals surface area contributed by atoms with Gasteiger partial charge in [-0.3, -0.25) is 0 Å². The molecule has 0 fully saturated rings. The van der Waals surface area contributed by atoms with Crippen LogP contribution in [0.1, 0.15) is 11.8 Å². The quantitative estimate of drug-likeness (QED) is 0.910. The molecule has 0 atom stereocenters. The third-order valence-electron chi connectivity index (χ3n) is 2.26. The normalized spacial score (nSPS) is 10.8. The Bertz CT molecular complexity index is 511. The van der Waals surface area contributed by atoms with E-state index in [0.29, 0.717) is 10.0 Å². The van der Waals surface area contributed by atoms with Crippen molar-refractivity contribution < 1.29 is 0 Å². The number of benzene rings is 1. The van der Waals surface area contributed by atoms with Crippen molar-refractivity contribution >= 4 is 34.5 Å². The molecule has 1 aromatic carbocycles. The molecule has 0 radical (unpaired) electrons. The molecule has 2 rings (SSSR count). The minimum Gasteiger partial charge on any atom is -0.312 e. The van der Waals surface area contributed by atoms with Crippen LogP contribution < -0.4 is 5.32 Å². The van der Waals surface area contributed by atoms with Crippen LogP contribution in [0.25, 0.3) is 10.6 Å². The maximum absolute atomic E-state index is 6.14. The maximum Gasteiger partial charge on any atom is 0.125 e. The van der Waals surface area contributed by atoms with Crippen molar-refractivity contribution in [2.75, 3.05) is 6.54 Å². The Balaban J connectivity index is 2.27. The van der Waals surface area contributed by atoms with Crippen molar-refractivity contribution in [3.8, 4) is 10.6 Å². The summed E-state index contributed by atoms with van der Waals surface area (Å²) in [6.45, 7) is 3.87. The summed E-state index contributed by atoms with van der Waals surface area (Å²) >= 11 is 13.7. The smallest absolute Gasteiger partial charge is 0.125 e. The summed E-state index contributed by atoms with van der Waals surface area (Å²) in [5, 5.41) is 5.53. The molecule has 17 heavy (non-hydrogen) atoms. The Labute approximate surface area is 115 Å². The number of hydrogen-bond acceptors (Lipinski definition) is 3. The highest BCUT2D eigenvalue weighted by molar-refractivity contribution is 7.15. The van der Waals surface area contributed by atoms with Crippen molar-refractivity contribution in [3.05, 3.63) is 39.3 Å². The van der Waals surface area contributed by atoms with Crippen LogP contribution in [0.5, 0.6) is 0 Å². The molecule has 0 bridgehead atoms. The first-order valence-corrected chi connectivity index (χ1v) is 6.88. The van der Waals surface area contributed by atoms with Gasteiger partial charge >= 0.3 is 0 Å². The van der Waals surface area contributed by atoms with Crippen molar-refractivity contribution in [1.82, 2.24) is 10.3 Å².